The van der Waals surface area contributed by atoms with Crippen LogP contribution in [0.4, 0.5) is 4.39 Å². The van der Waals surface area contributed by atoms with Gasteiger partial charge in [0.25, 0.3) is 0 Å². The molecule has 1 fully saturated rings. The van der Waals surface area contributed by atoms with Crippen molar-refractivity contribution in [2.24, 2.45) is 11.1 Å². The van der Waals surface area contributed by atoms with Crippen LogP contribution in [-0.4, -0.2) is 12.7 Å². The van der Waals surface area contributed by atoms with Gasteiger partial charge in [-0.05, 0) is 19.3 Å². The Morgan fingerprint density at radius 1 is 1.60 bits per heavy atom. The van der Waals surface area contributed by atoms with Gasteiger partial charge in [-0.15, -0.1) is 0 Å². The van der Waals surface area contributed by atoms with E-state index in [1.165, 1.54) is 6.42 Å². The van der Waals surface area contributed by atoms with Gasteiger partial charge in [-0.25, -0.2) is 4.39 Å². The highest BCUT2D eigenvalue weighted by atomic mass is 19.1. The Morgan fingerprint density at radius 2 is 2.20 bits per heavy atom. The second-order valence-corrected chi connectivity index (χ2v) is 3.27. The lowest BCUT2D eigenvalue weighted by Gasteiger charge is -2.43. The summed E-state index contributed by atoms with van der Waals surface area (Å²) in [5.74, 6) is 0. The summed E-state index contributed by atoms with van der Waals surface area (Å²) in [7, 11) is 0. The quantitative estimate of drug-likeness (QED) is 0.644. The first-order valence-corrected chi connectivity index (χ1v) is 4.09. The van der Waals surface area contributed by atoms with Crippen LogP contribution in [0.5, 0.6) is 0 Å². The minimum absolute atomic E-state index is 0.0191. The second kappa shape index (κ2) is 2.87. The molecular weight excluding hydrogens is 129 g/mol. The maximum Gasteiger partial charge on any atom is 0.118 e. The van der Waals surface area contributed by atoms with Crippen LogP contribution in [0.25, 0.3) is 0 Å². The van der Waals surface area contributed by atoms with Gasteiger partial charge >= 0.3 is 0 Å². The zero-order chi connectivity index (χ0) is 7.61. The predicted molar refractivity (Wildman–Crippen MR) is 40.5 cm³/mol. The molecule has 0 heterocycles. The standard InChI is InChI=1S/C8H16FN/c1-2-8(4-3-5-8)7(9)6-10/h7H,2-6,10H2,1H3. The van der Waals surface area contributed by atoms with Crippen molar-refractivity contribution in [3.63, 3.8) is 0 Å². The minimum Gasteiger partial charge on any atom is -0.328 e. The molecule has 10 heavy (non-hydrogen) atoms. The number of hydrogen-bond donors (Lipinski definition) is 1. The lowest BCUT2D eigenvalue weighted by molar-refractivity contribution is 0.0219. The maximum absolute atomic E-state index is 13.1. The fraction of sp³-hybridized carbons (Fsp3) is 1.00. The summed E-state index contributed by atoms with van der Waals surface area (Å²) in [5, 5.41) is 0. The number of nitrogens with two attached hydrogens (primary N) is 1. The van der Waals surface area contributed by atoms with Gasteiger partial charge in [0.05, 0.1) is 0 Å². The molecular formula is C8H16FN. The van der Waals surface area contributed by atoms with Crippen molar-refractivity contribution < 1.29 is 4.39 Å². The van der Waals surface area contributed by atoms with Crippen molar-refractivity contribution in [2.45, 2.75) is 38.8 Å². The highest BCUT2D eigenvalue weighted by molar-refractivity contribution is 4.92. The molecule has 2 N–H and O–H groups in total. The third-order valence-electron chi connectivity index (χ3n) is 2.92. The molecule has 0 aromatic rings. The van der Waals surface area contributed by atoms with Gasteiger partial charge in [-0.2, -0.15) is 0 Å². The SMILES string of the molecule is CCC1(C(F)CN)CCC1. The lowest BCUT2D eigenvalue weighted by Crippen LogP contribution is -2.42. The third kappa shape index (κ3) is 1.05. The summed E-state index contributed by atoms with van der Waals surface area (Å²) in [5.41, 5.74) is 5.25. The van der Waals surface area contributed by atoms with Gasteiger partial charge in [0.1, 0.15) is 6.17 Å². The molecule has 0 bridgehead atoms. The highest BCUT2D eigenvalue weighted by Crippen LogP contribution is 2.47. The first-order valence-electron chi connectivity index (χ1n) is 4.09. The van der Waals surface area contributed by atoms with E-state index in [1.807, 2.05) is 0 Å². The Hall–Kier alpha value is -0.110. The van der Waals surface area contributed by atoms with Crippen molar-refractivity contribution in [3.8, 4) is 0 Å². The van der Waals surface area contributed by atoms with Gasteiger partial charge in [0.2, 0.25) is 0 Å². The van der Waals surface area contributed by atoms with E-state index in [0.29, 0.717) is 0 Å². The molecule has 1 aliphatic rings. The highest BCUT2D eigenvalue weighted by Gasteiger charge is 2.41. The second-order valence-electron chi connectivity index (χ2n) is 3.27. The molecule has 2 heteroatoms. The van der Waals surface area contributed by atoms with Gasteiger partial charge in [0.15, 0.2) is 0 Å². The summed E-state index contributed by atoms with van der Waals surface area (Å²) in [6.07, 6.45) is 3.47. The molecule has 0 aromatic carbocycles. The molecule has 0 spiro atoms. The van der Waals surface area contributed by atoms with Crippen LogP contribution in [0.1, 0.15) is 32.6 Å². The van der Waals surface area contributed by atoms with Crippen molar-refractivity contribution in [2.75, 3.05) is 6.54 Å². The van der Waals surface area contributed by atoms with Crippen LogP contribution in [0, 0.1) is 5.41 Å². The zero-order valence-electron chi connectivity index (χ0n) is 6.57. The first kappa shape index (κ1) is 7.99. The zero-order valence-corrected chi connectivity index (χ0v) is 6.57. The molecule has 1 rings (SSSR count). The lowest BCUT2D eigenvalue weighted by atomic mass is 9.64. The largest absolute Gasteiger partial charge is 0.328 e. The first-order chi connectivity index (χ1) is 4.75. The fourth-order valence-electron chi connectivity index (χ4n) is 1.77. The number of halogens is 1. The van der Waals surface area contributed by atoms with Crippen LogP contribution in [0.3, 0.4) is 0 Å². The third-order valence-corrected chi connectivity index (χ3v) is 2.92. The Bertz CT molecular complexity index is 104. The average molecular weight is 145 g/mol. The summed E-state index contributed by atoms with van der Waals surface area (Å²) in [6.45, 7) is 2.26. The van der Waals surface area contributed by atoms with E-state index in [2.05, 4.69) is 6.92 Å². The topological polar surface area (TPSA) is 26.0 Å². The normalized spacial score (nSPS) is 25.5. The van der Waals surface area contributed by atoms with Crippen LogP contribution in [-0.2, 0) is 0 Å². The molecule has 1 nitrogen and oxygen atoms in total. The molecule has 0 aromatic heterocycles. The minimum atomic E-state index is -0.758. The number of alkyl halides is 1. The smallest absolute Gasteiger partial charge is 0.118 e. The van der Waals surface area contributed by atoms with Gasteiger partial charge < -0.3 is 5.73 Å². The van der Waals surface area contributed by atoms with E-state index < -0.39 is 6.17 Å². The summed E-state index contributed by atoms with van der Waals surface area (Å²) < 4.78 is 13.1. The van der Waals surface area contributed by atoms with Gasteiger partial charge in [-0.3, -0.25) is 0 Å². The molecule has 0 radical (unpaired) electrons. The molecule has 0 saturated heterocycles. The summed E-state index contributed by atoms with van der Waals surface area (Å²) in [4.78, 5) is 0. The van der Waals surface area contributed by atoms with Crippen molar-refractivity contribution >= 4 is 0 Å². The van der Waals surface area contributed by atoms with Gasteiger partial charge in [0, 0.05) is 12.0 Å². The van der Waals surface area contributed by atoms with Crippen LogP contribution in [0.2, 0.25) is 0 Å². The Balaban J connectivity index is 2.46. The van der Waals surface area contributed by atoms with E-state index in [9.17, 15) is 4.39 Å². The Labute approximate surface area is 61.8 Å². The molecule has 1 atom stereocenters. The maximum atomic E-state index is 13.1. The molecule has 1 saturated carbocycles. The van der Waals surface area contributed by atoms with Crippen molar-refractivity contribution in [3.05, 3.63) is 0 Å². The molecule has 1 unspecified atom stereocenters. The molecule has 1 aliphatic carbocycles. The van der Waals surface area contributed by atoms with Crippen molar-refractivity contribution in [1.29, 1.82) is 0 Å². The van der Waals surface area contributed by atoms with E-state index in [0.717, 1.165) is 19.3 Å². The Kier molecular flexibility index (Phi) is 2.29. The van der Waals surface area contributed by atoms with Crippen LogP contribution in [0.15, 0.2) is 0 Å². The summed E-state index contributed by atoms with van der Waals surface area (Å²) in [6, 6.07) is 0. The van der Waals surface area contributed by atoms with Gasteiger partial charge in [-0.1, -0.05) is 13.3 Å². The monoisotopic (exact) mass is 145 g/mol. The van der Waals surface area contributed by atoms with E-state index in [4.69, 9.17) is 5.73 Å². The number of hydrogen-bond acceptors (Lipinski definition) is 1. The van der Waals surface area contributed by atoms with Crippen molar-refractivity contribution in [1.82, 2.24) is 0 Å². The van der Waals surface area contributed by atoms with E-state index in [1.54, 1.807) is 0 Å². The van der Waals surface area contributed by atoms with Crippen LogP contribution >= 0.6 is 0 Å². The molecule has 0 aliphatic heterocycles. The van der Waals surface area contributed by atoms with E-state index in [-0.39, 0.29) is 12.0 Å². The number of rotatable bonds is 3. The molecule has 0 amide bonds. The van der Waals surface area contributed by atoms with Crippen LogP contribution < -0.4 is 5.73 Å². The summed E-state index contributed by atoms with van der Waals surface area (Å²) >= 11 is 0. The average Bonchev–Trinajstić information content (AvgIpc) is 1.86. The van der Waals surface area contributed by atoms with E-state index >= 15 is 0 Å². The Morgan fingerprint density at radius 3 is 2.30 bits per heavy atom. The molecule has 60 valence electrons. The fourth-order valence-corrected chi connectivity index (χ4v) is 1.77. The predicted octanol–water partition coefficient (Wildman–Crippen LogP) is 1.86.